The molecule has 0 bridgehead atoms. The van der Waals surface area contributed by atoms with Crippen molar-refractivity contribution in [1.82, 2.24) is 19.4 Å². The summed E-state index contributed by atoms with van der Waals surface area (Å²) < 4.78 is 2.07. The molecule has 0 unspecified atom stereocenters. The summed E-state index contributed by atoms with van der Waals surface area (Å²) in [7, 11) is 2.02. The van der Waals surface area contributed by atoms with Crippen LogP contribution in [-0.2, 0) is 7.05 Å². The first-order valence-electron chi connectivity index (χ1n) is 9.01. The molecule has 1 atom stereocenters. The predicted molar refractivity (Wildman–Crippen MR) is 102 cm³/mol. The van der Waals surface area contributed by atoms with E-state index in [-0.39, 0.29) is 11.9 Å². The number of carbonyl (C=O) groups excluding carboxylic acids is 1. The van der Waals surface area contributed by atoms with Gasteiger partial charge in [0.05, 0.1) is 17.1 Å². The van der Waals surface area contributed by atoms with Crippen LogP contribution in [0.1, 0.15) is 35.1 Å². The van der Waals surface area contributed by atoms with E-state index in [1.54, 1.807) is 0 Å². The largest absolute Gasteiger partial charge is 0.351 e. The van der Waals surface area contributed by atoms with Gasteiger partial charge >= 0.3 is 0 Å². The van der Waals surface area contributed by atoms with E-state index in [1.807, 2.05) is 66.7 Å². The minimum Gasteiger partial charge on any atom is -0.351 e. The second kappa shape index (κ2) is 5.73. The third-order valence-corrected chi connectivity index (χ3v) is 5.37. The molecule has 1 aliphatic heterocycles. The molecule has 1 saturated heterocycles. The number of aromatic amines is 1. The molecule has 5 nitrogen and oxygen atoms in total. The molecule has 1 aliphatic rings. The lowest BCUT2D eigenvalue weighted by molar-refractivity contribution is 0.0730. The van der Waals surface area contributed by atoms with Gasteiger partial charge in [0.15, 0.2) is 0 Å². The first-order chi connectivity index (χ1) is 12.7. The number of nitrogens with zero attached hydrogens (tertiary/aromatic N) is 3. The number of aromatic nitrogens is 3. The second-order valence-electron chi connectivity index (χ2n) is 7.00. The minimum absolute atomic E-state index is 0.0152. The van der Waals surface area contributed by atoms with Gasteiger partial charge in [-0.15, -0.1) is 0 Å². The molecule has 0 radical (unpaired) electrons. The fraction of sp³-hybridized carbons (Fsp3) is 0.238. The number of hydrogen-bond acceptors (Lipinski definition) is 2. The van der Waals surface area contributed by atoms with E-state index in [9.17, 15) is 4.79 Å². The Morgan fingerprint density at radius 3 is 2.96 bits per heavy atom. The van der Waals surface area contributed by atoms with Crippen molar-refractivity contribution in [3.63, 3.8) is 0 Å². The van der Waals surface area contributed by atoms with Gasteiger partial charge in [-0.2, -0.15) is 0 Å². The van der Waals surface area contributed by atoms with Gasteiger partial charge in [-0.3, -0.25) is 4.79 Å². The highest BCUT2D eigenvalue weighted by molar-refractivity contribution is 5.98. The van der Waals surface area contributed by atoms with Crippen LogP contribution < -0.4 is 0 Å². The number of benzene rings is 2. The third-order valence-electron chi connectivity index (χ3n) is 5.37. The molecule has 5 heteroatoms. The number of rotatable bonds is 2. The summed E-state index contributed by atoms with van der Waals surface area (Å²) in [6.45, 7) is 0.771. The summed E-state index contributed by atoms with van der Waals surface area (Å²) in [4.78, 5) is 23.3. The summed E-state index contributed by atoms with van der Waals surface area (Å²) >= 11 is 0. The van der Waals surface area contributed by atoms with Gasteiger partial charge in [0.1, 0.15) is 5.82 Å². The number of hydrogen-bond donors (Lipinski definition) is 1. The van der Waals surface area contributed by atoms with Crippen LogP contribution in [0.3, 0.4) is 0 Å². The van der Waals surface area contributed by atoms with E-state index >= 15 is 0 Å². The van der Waals surface area contributed by atoms with Gasteiger partial charge in [-0.25, -0.2) is 4.98 Å². The van der Waals surface area contributed by atoms with Crippen LogP contribution >= 0.6 is 0 Å². The fourth-order valence-corrected chi connectivity index (χ4v) is 4.00. The van der Waals surface area contributed by atoms with Crippen LogP contribution in [0.25, 0.3) is 21.9 Å². The summed E-state index contributed by atoms with van der Waals surface area (Å²) in [5.41, 5.74) is 3.85. The Morgan fingerprint density at radius 1 is 1.19 bits per heavy atom. The molecule has 1 fully saturated rings. The number of carbonyl (C=O) groups is 1. The van der Waals surface area contributed by atoms with Crippen molar-refractivity contribution < 1.29 is 4.79 Å². The molecule has 4 aromatic rings. The second-order valence-corrected chi connectivity index (χ2v) is 7.00. The van der Waals surface area contributed by atoms with Gasteiger partial charge in [-0.05, 0) is 49.2 Å². The number of imidazole rings is 1. The highest BCUT2D eigenvalue weighted by Crippen LogP contribution is 2.33. The average Bonchev–Trinajstić information content (AvgIpc) is 3.38. The van der Waals surface area contributed by atoms with Crippen molar-refractivity contribution >= 4 is 27.8 Å². The van der Waals surface area contributed by atoms with Crippen LogP contribution in [-0.4, -0.2) is 31.9 Å². The normalized spacial score (nSPS) is 17.4. The van der Waals surface area contributed by atoms with Gasteiger partial charge in [0, 0.05) is 36.3 Å². The Hall–Kier alpha value is -3.08. The first kappa shape index (κ1) is 15.2. The van der Waals surface area contributed by atoms with E-state index in [0.717, 1.165) is 52.7 Å². The van der Waals surface area contributed by atoms with Crippen molar-refractivity contribution in [2.75, 3.05) is 6.54 Å². The molecular weight excluding hydrogens is 324 g/mol. The summed E-state index contributed by atoms with van der Waals surface area (Å²) in [5.74, 6) is 0.969. The van der Waals surface area contributed by atoms with Crippen molar-refractivity contribution in [2.24, 2.45) is 7.05 Å². The standard InChI is InChI=1S/C21H20N4O/c1-24-12-10-14-13-15(8-9-18(14)24)21(26)25-11-4-7-19(25)20-22-16-5-2-3-6-17(16)23-20/h2-3,5-6,8-10,12-13,19H,4,7,11H2,1H3,(H,22,23)/t19-/m1/s1. The van der Waals surface area contributed by atoms with Crippen molar-refractivity contribution in [3.8, 4) is 0 Å². The summed E-state index contributed by atoms with van der Waals surface area (Å²) in [6.07, 6.45) is 3.96. The van der Waals surface area contributed by atoms with Crippen molar-refractivity contribution in [3.05, 3.63) is 66.1 Å². The molecule has 26 heavy (non-hydrogen) atoms. The van der Waals surface area contributed by atoms with E-state index in [1.165, 1.54) is 0 Å². The fourth-order valence-electron chi connectivity index (χ4n) is 4.00. The zero-order valence-electron chi connectivity index (χ0n) is 14.6. The molecule has 5 rings (SSSR count). The van der Waals surface area contributed by atoms with E-state index in [4.69, 9.17) is 4.98 Å². The molecule has 0 spiro atoms. The lowest BCUT2D eigenvalue weighted by atomic mass is 10.1. The Morgan fingerprint density at radius 2 is 2.08 bits per heavy atom. The van der Waals surface area contributed by atoms with Gasteiger partial charge in [-0.1, -0.05) is 12.1 Å². The van der Waals surface area contributed by atoms with Gasteiger partial charge in [0.2, 0.25) is 0 Å². The average molecular weight is 344 g/mol. The lowest BCUT2D eigenvalue weighted by Gasteiger charge is -2.23. The molecule has 0 saturated carbocycles. The lowest BCUT2D eigenvalue weighted by Crippen LogP contribution is -2.31. The first-order valence-corrected chi connectivity index (χ1v) is 9.01. The Bertz CT molecular complexity index is 1090. The third kappa shape index (κ3) is 2.31. The SMILES string of the molecule is Cn1ccc2cc(C(=O)N3CCC[C@@H]3c3nc4ccccc4[nH]3)ccc21. The molecule has 3 heterocycles. The maximum atomic E-state index is 13.2. The highest BCUT2D eigenvalue weighted by atomic mass is 16.2. The number of aryl methyl sites for hydroxylation is 1. The topological polar surface area (TPSA) is 53.9 Å². The minimum atomic E-state index is 0.0152. The van der Waals surface area contributed by atoms with Crippen LogP contribution in [0.2, 0.25) is 0 Å². The number of para-hydroxylation sites is 2. The molecule has 1 amide bonds. The zero-order chi connectivity index (χ0) is 17.7. The highest BCUT2D eigenvalue weighted by Gasteiger charge is 2.32. The Balaban J connectivity index is 1.49. The van der Waals surface area contributed by atoms with E-state index in [0.29, 0.717) is 0 Å². The number of H-pyrrole nitrogens is 1. The van der Waals surface area contributed by atoms with Crippen molar-refractivity contribution in [2.45, 2.75) is 18.9 Å². The summed E-state index contributed by atoms with van der Waals surface area (Å²) in [5, 5.41) is 1.10. The molecule has 2 aromatic carbocycles. The molecule has 0 aliphatic carbocycles. The van der Waals surface area contributed by atoms with E-state index < -0.39 is 0 Å². The van der Waals surface area contributed by atoms with Crippen LogP contribution in [0.5, 0.6) is 0 Å². The van der Waals surface area contributed by atoms with Gasteiger partial charge < -0.3 is 14.5 Å². The Labute approximate surface area is 151 Å². The molecular formula is C21H20N4O. The molecule has 130 valence electrons. The molecule has 1 N–H and O–H groups in total. The van der Waals surface area contributed by atoms with Crippen LogP contribution in [0.15, 0.2) is 54.7 Å². The number of nitrogens with one attached hydrogen (secondary N) is 1. The van der Waals surface area contributed by atoms with Crippen LogP contribution in [0.4, 0.5) is 0 Å². The number of amides is 1. The summed E-state index contributed by atoms with van der Waals surface area (Å²) in [6, 6.07) is 16.0. The van der Waals surface area contributed by atoms with Crippen LogP contribution in [0, 0.1) is 0 Å². The monoisotopic (exact) mass is 344 g/mol. The van der Waals surface area contributed by atoms with E-state index in [2.05, 4.69) is 9.55 Å². The smallest absolute Gasteiger partial charge is 0.254 e. The molecule has 2 aromatic heterocycles. The number of likely N-dealkylation sites (tertiary alicyclic amines) is 1. The number of fused-ring (bicyclic) bond motifs is 2. The maximum absolute atomic E-state index is 13.2. The quantitative estimate of drug-likeness (QED) is 0.597. The van der Waals surface area contributed by atoms with Crippen molar-refractivity contribution in [1.29, 1.82) is 0 Å². The maximum Gasteiger partial charge on any atom is 0.254 e. The zero-order valence-corrected chi connectivity index (χ0v) is 14.6. The predicted octanol–water partition coefficient (Wildman–Crippen LogP) is 4.03. The Kier molecular flexibility index (Phi) is 3.35. The van der Waals surface area contributed by atoms with Gasteiger partial charge in [0.25, 0.3) is 5.91 Å².